The van der Waals surface area contributed by atoms with E-state index in [1.165, 1.54) is 68.9 Å². The zero-order chi connectivity index (χ0) is 19.4. The van der Waals surface area contributed by atoms with Gasteiger partial charge in [-0.2, -0.15) is 0 Å². The molecule has 1 rings (SSSR count). The first-order valence-corrected chi connectivity index (χ1v) is 18.6. The van der Waals surface area contributed by atoms with Gasteiger partial charge in [0.2, 0.25) is 0 Å². The first-order chi connectivity index (χ1) is 12.5. The average molecular weight is 597 g/mol. The van der Waals surface area contributed by atoms with Crippen molar-refractivity contribution in [3.8, 4) is 0 Å². The van der Waals surface area contributed by atoms with Crippen LogP contribution >= 0.6 is 0 Å². The third-order valence-electron chi connectivity index (χ3n) is 4.98. The maximum absolute atomic E-state index is 11.8. The molecule has 0 bridgehead atoms. The number of hydrogen-bond donors (Lipinski definition) is 0. The quantitative estimate of drug-likeness (QED) is 0.165. The summed E-state index contributed by atoms with van der Waals surface area (Å²) in [5.74, 6) is -0.446. The largest absolute Gasteiger partial charge is 0.412 e. The number of hydrogen-bond acceptors (Lipinski definition) is 4. The monoisotopic (exact) mass is 599 g/mol. The topological polar surface area (TPSA) is 87.3 Å². The van der Waals surface area contributed by atoms with E-state index in [4.69, 9.17) is 6.15 Å². The van der Waals surface area contributed by atoms with E-state index in [1.54, 1.807) is 0 Å². The zero-order valence-electron chi connectivity index (χ0n) is 17.2. The summed E-state index contributed by atoms with van der Waals surface area (Å²) in [5, 5.41) is 0. The summed E-state index contributed by atoms with van der Waals surface area (Å²) in [6.07, 6.45) is 10.3. The van der Waals surface area contributed by atoms with Crippen LogP contribution in [0.5, 0.6) is 0 Å². The van der Waals surface area contributed by atoms with E-state index >= 15 is 0 Å². The molecule has 1 aliphatic heterocycles. The maximum atomic E-state index is 11.8. The van der Waals surface area contributed by atoms with E-state index in [-0.39, 0.29) is 23.6 Å². The summed E-state index contributed by atoms with van der Waals surface area (Å²) in [7, 11) is 0. The number of imide groups is 1. The second-order valence-electron chi connectivity index (χ2n) is 7.13. The maximum Gasteiger partial charge on any atom is -0.412 e. The van der Waals surface area contributed by atoms with Crippen molar-refractivity contribution in [2.45, 2.75) is 85.3 Å². The van der Waals surface area contributed by atoms with E-state index in [1.807, 2.05) is 0 Å². The third kappa shape index (κ3) is 9.60. The van der Waals surface area contributed by atoms with Gasteiger partial charge in [0, 0.05) is 0 Å². The molecule has 2 amide bonds. The van der Waals surface area contributed by atoms with Crippen molar-refractivity contribution in [2.24, 2.45) is 0 Å². The fraction of sp³-hybridized carbons (Fsp3) is 0.789. The Morgan fingerprint density at radius 2 is 1.41 bits per heavy atom. The fourth-order valence-corrected chi connectivity index (χ4v) is 18.6. The normalized spacial score (nSPS) is 15.3. The van der Waals surface area contributed by atoms with Crippen molar-refractivity contribution in [1.82, 2.24) is 4.90 Å². The molecule has 0 aromatic rings. The standard InChI is InChI=1S/C7H7NO4.3C4H9.H2O.2Sn.H/c9-5-1-2-6(10)8(5)4-3-7(11)12;3*1-3-4-2;;;;/h1-2,7H,3-4H2;3*1,3-4H2,2H3;1H2;;;/q-2;;;;;2*+1;. The van der Waals surface area contributed by atoms with Crippen LogP contribution in [0.25, 0.3) is 0 Å². The average Bonchev–Trinajstić information content (AvgIpc) is 2.97. The van der Waals surface area contributed by atoms with Gasteiger partial charge < -0.3 is 5.48 Å². The minimum atomic E-state index is -2.74. The summed E-state index contributed by atoms with van der Waals surface area (Å²) in [5.41, 5.74) is 0. The van der Waals surface area contributed by atoms with Crippen LogP contribution < -0.4 is 0 Å². The zero-order valence-corrected chi connectivity index (χ0v) is 23.3. The van der Waals surface area contributed by atoms with Gasteiger partial charge in [0.15, 0.2) is 0 Å². The molecule has 8 heteroatoms. The van der Waals surface area contributed by atoms with Crippen LogP contribution in [-0.4, -0.2) is 76.8 Å². The first kappa shape index (κ1) is 27.4. The molecule has 0 fully saturated rings. The van der Waals surface area contributed by atoms with Gasteiger partial charge in [-0.1, -0.05) is 0 Å². The van der Waals surface area contributed by atoms with Gasteiger partial charge in [-0.15, -0.1) is 0 Å². The number of unbranched alkanes of at least 4 members (excludes halogenated alkanes) is 3. The smallest absolute Gasteiger partial charge is 0.412 e. The Balaban J connectivity index is 0.00000676. The second kappa shape index (κ2) is 15.2. The van der Waals surface area contributed by atoms with Gasteiger partial charge in [-0.05, 0) is 0 Å². The van der Waals surface area contributed by atoms with Crippen molar-refractivity contribution < 1.29 is 21.2 Å². The molecule has 0 spiro atoms. The molecule has 1 heterocycles. The van der Waals surface area contributed by atoms with Crippen LogP contribution in [0.3, 0.4) is 0 Å². The summed E-state index contributed by atoms with van der Waals surface area (Å²) >= 11 is -2.07. The molecule has 1 aliphatic rings. The predicted octanol–water partition coefficient (Wildman–Crippen LogP) is 3.00. The SMILES string of the molecule is CCC[CH2][Sn]([CH2]CCC)([CH2]CCC)[O]C(CCN1C(=O)C=CC1=O)[O][SnH].O. The van der Waals surface area contributed by atoms with Gasteiger partial charge in [0.25, 0.3) is 0 Å². The van der Waals surface area contributed by atoms with Crippen LogP contribution in [0.4, 0.5) is 0 Å². The number of rotatable bonds is 15. The molecule has 0 aliphatic carbocycles. The summed E-state index contributed by atoms with van der Waals surface area (Å²) < 4.78 is 16.3. The van der Waals surface area contributed by atoms with E-state index in [2.05, 4.69) is 20.8 Å². The Bertz CT molecular complexity index is 433. The third-order valence-corrected chi connectivity index (χ3v) is 18.9. The minimum Gasteiger partial charge on any atom is -0.412 e. The molecule has 2 radical (unpaired) electrons. The van der Waals surface area contributed by atoms with E-state index in [9.17, 15) is 9.59 Å². The van der Waals surface area contributed by atoms with Crippen molar-refractivity contribution in [3.63, 3.8) is 0 Å². The Morgan fingerprint density at radius 1 is 0.963 bits per heavy atom. The molecule has 2 N–H and O–H groups in total. The molecule has 1 unspecified atom stereocenters. The number of carbonyl (C=O) groups excluding carboxylic acids is 2. The Hall–Kier alpha value is 0.357. The van der Waals surface area contributed by atoms with Gasteiger partial charge in [-0.3, -0.25) is 0 Å². The van der Waals surface area contributed by atoms with Crippen LogP contribution in [0.2, 0.25) is 13.3 Å². The Kier molecular flexibility index (Phi) is 15.4. The Morgan fingerprint density at radius 3 is 1.78 bits per heavy atom. The molecule has 1 atom stereocenters. The van der Waals surface area contributed by atoms with E-state index in [0.717, 1.165) is 0 Å². The number of carbonyl (C=O) groups is 2. The summed E-state index contributed by atoms with van der Waals surface area (Å²) in [6, 6.07) is 0. The predicted molar refractivity (Wildman–Crippen MR) is 112 cm³/mol. The fourth-order valence-electron chi connectivity index (χ4n) is 3.37. The van der Waals surface area contributed by atoms with Gasteiger partial charge in [0.05, 0.1) is 0 Å². The molecular weight excluding hydrogens is 560 g/mol. The first-order valence-electron chi connectivity index (χ1n) is 10.1. The number of nitrogens with zero attached hydrogens (tertiary/aromatic N) is 1. The molecule has 6 nitrogen and oxygen atoms in total. The van der Waals surface area contributed by atoms with Crippen LogP contribution in [0.15, 0.2) is 12.2 Å². The molecule has 0 saturated heterocycles. The van der Waals surface area contributed by atoms with Crippen molar-refractivity contribution in [2.75, 3.05) is 6.54 Å². The number of amides is 2. The molecule has 27 heavy (non-hydrogen) atoms. The van der Waals surface area contributed by atoms with Crippen molar-refractivity contribution in [1.29, 1.82) is 0 Å². The summed E-state index contributed by atoms with van der Waals surface area (Å²) in [6.45, 7) is 7.11. The van der Waals surface area contributed by atoms with Crippen molar-refractivity contribution >= 4 is 53.5 Å². The van der Waals surface area contributed by atoms with Gasteiger partial charge in [-0.25, -0.2) is 0 Å². The molecule has 0 saturated carbocycles. The van der Waals surface area contributed by atoms with Gasteiger partial charge >= 0.3 is 178 Å². The van der Waals surface area contributed by atoms with Crippen LogP contribution in [0, 0.1) is 0 Å². The van der Waals surface area contributed by atoms with Crippen molar-refractivity contribution in [3.05, 3.63) is 12.2 Å². The Labute approximate surface area is 182 Å². The molecule has 0 aromatic carbocycles. The van der Waals surface area contributed by atoms with E-state index in [0.29, 0.717) is 35.9 Å². The molecule has 156 valence electrons. The minimum absolute atomic E-state index is 0. The summed E-state index contributed by atoms with van der Waals surface area (Å²) in [4.78, 5) is 24.8. The molecule has 0 aromatic heterocycles. The molecular formula is C19H37NO5Sn2. The second-order valence-corrected chi connectivity index (χ2v) is 19.6. The van der Waals surface area contributed by atoms with Crippen LogP contribution in [0.1, 0.15) is 65.7 Å². The van der Waals surface area contributed by atoms with E-state index < -0.39 is 18.8 Å². The van der Waals surface area contributed by atoms with Gasteiger partial charge in [0.1, 0.15) is 0 Å². The van der Waals surface area contributed by atoms with Crippen LogP contribution in [-0.2, 0) is 15.7 Å².